The average molecular weight is 297 g/mol. The minimum absolute atomic E-state index is 0.272. The second kappa shape index (κ2) is 6.31. The van der Waals surface area contributed by atoms with Crippen molar-refractivity contribution in [2.24, 2.45) is 5.84 Å². The van der Waals surface area contributed by atoms with E-state index in [1.54, 1.807) is 6.07 Å². The molecule has 106 valence electrons. The second-order valence-electron chi connectivity index (χ2n) is 4.67. The zero-order valence-electron chi connectivity index (χ0n) is 11.0. The summed E-state index contributed by atoms with van der Waals surface area (Å²) in [5.74, 6) is 4.38. The third-order valence-electron chi connectivity index (χ3n) is 3.22. The van der Waals surface area contributed by atoms with E-state index in [9.17, 15) is 8.78 Å². The highest BCUT2D eigenvalue weighted by molar-refractivity contribution is 6.31. The van der Waals surface area contributed by atoms with Crippen LogP contribution in [0.3, 0.4) is 0 Å². The molecule has 20 heavy (non-hydrogen) atoms. The van der Waals surface area contributed by atoms with Crippen LogP contribution in [-0.4, -0.2) is 0 Å². The molecule has 2 nitrogen and oxygen atoms in total. The third-order valence-corrected chi connectivity index (χ3v) is 3.65. The van der Waals surface area contributed by atoms with Crippen LogP contribution in [0.2, 0.25) is 5.02 Å². The van der Waals surface area contributed by atoms with E-state index in [4.69, 9.17) is 17.4 Å². The monoisotopic (exact) mass is 296 g/mol. The Morgan fingerprint density at radius 3 is 2.55 bits per heavy atom. The second-order valence-corrected chi connectivity index (χ2v) is 5.07. The van der Waals surface area contributed by atoms with Gasteiger partial charge in [-0.25, -0.2) is 8.78 Å². The Morgan fingerprint density at radius 2 is 1.95 bits per heavy atom. The van der Waals surface area contributed by atoms with Gasteiger partial charge in [-0.2, -0.15) is 0 Å². The van der Waals surface area contributed by atoms with Crippen LogP contribution < -0.4 is 11.3 Å². The van der Waals surface area contributed by atoms with Crippen LogP contribution in [-0.2, 0) is 6.42 Å². The molecule has 0 radical (unpaired) electrons. The van der Waals surface area contributed by atoms with Crippen molar-refractivity contribution in [3.05, 3.63) is 69.7 Å². The Morgan fingerprint density at radius 1 is 1.20 bits per heavy atom. The Kier molecular flexibility index (Phi) is 4.70. The average Bonchev–Trinajstić information content (AvgIpc) is 2.41. The molecule has 0 saturated carbocycles. The summed E-state index contributed by atoms with van der Waals surface area (Å²) in [5.41, 5.74) is 4.88. The summed E-state index contributed by atoms with van der Waals surface area (Å²) in [6, 6.07) is 8.77. The molecule has 2 rings (SSSR count). The topological polar surface area (TPSA) is 38.0 Å². The Labute approximate surface area is 121 Å². The van der Waals surface area contributed by atoms with E-state index >= 15 is 0 Å². The molecule has 3 N–H and O–H groups in total. The van der Waals surface area contributed by atoms with Crippen LogP contribution in [0.5, 0.6) is 0 Å². The molecule has 0 aliphatic carbocycles. The van der Waals surface area contributed by atoms with Gasteiger partial charge in [-0.15, -0.1) is 0 Å². The van der Waals surface area contributed by atoms with Crippen LogP contribution in [0.25, 0.3) is 0 Å². The van der Waals surface area contributed by atoms with Gasteiger partial charge in [-0.1, -0.05) is 29.8 Å². The molecule has 0 aliphatic rings. The summed E-state index contributed by atoms with van der Waals surface area (Å²) >= 11 is 5.98. The smallest absolute Gasteiger partial charge is 0.129 e. The first-order valence-electron chi connectivity index (χ1n) is 6.17. The normalized spacial score (nSPS) is 12.4. The van der Waals surface area contributed by atoms with E-state index in [1.165, 1.54) is 12.1 Å². The van der Waals surface area contributed by atoms with Crippen molar-refractivity contribution < 1.29 is 8.78 Å². The summed E-state index contributed by atoms with van der Waals surface area (Å²) in [6.45, 7) is 1.89. The van der Waals surface area contributed by atoms with Gasteiger partial charge >= 0.3 is 0 Å². The predicted octanol–water partition coefficient (Wildman–Crippen LogP) is 3.67. The largest absolute Gasteiger partial charge is 0.271 e. The van der Waals surface area contributed by atoms with Gasteiger partial charge in [0.05, 0.1) is 6.04 Å². The van der Waals surface area contributed by atoms with E-state index in [-0.39, 0.29) is 6.04 Å². The lowest BCUT2D eigenvalue weighted by Crippen LogP contribution is -2.29. The molecule has 0 heterocycles. The van der Waals surface area contributed by atoms with E-state index in [2.05, 4.69) is 5.43 Å². The zero-order chi connectivity index (χ0) is 14.7. The number of aryl methyl sites for hydroxylation is 1. The maximum atomic E-state index is 13.7. The Balaban J connectivity index is 2.26. The molecule has 5 heteroatoms. The van der Waals surface area contributed by atoms with Crippen molar-refractivity contribution in [1.29, 1.82) is 0 Å². The highest BCUT2D eigenvalue weighted by Crippen LogP contribution is 2.24. The minimum Gasteiger partial charge on any atom is -0.271 e. The van der Waals surface area contributed by atoms with Crippen molar-refractivity contribution >= 4 is 11.6 Å². The van der Waals surface area contributed by atoms with Crippen molar-refractivity contribution in [1.82, 2.24) is 5.43 Å². The van der Waals surface area contributed by atoms with Crippen molar-refractivity contribution in [3.63, 3.8) is 0 Å². The number of rotatable bonds is 4. The van der Waals surface area contributed by atoms with Gasteiger partial charge in [-0.3, -0.25) is 11.3 Å². The lowest BCUT2D eigenvalue weighted by atomic mass is 9.98. The van der Waals surface area contributed by atoms with E-state index < -0.39 is 11.6 Å². The zero-order valence-corrected chi connectivity index (χ0v) is 11.7. The maximum absolute atomic E-state index is 13.7. The number of hydrogen-bond acceptors (Lipinski definition) is 2. The summed E-state index contributed by atoms with van der Waals surface area (Å²) < 4.78 is 26.6. The van der Waals surface area contributed by atoms with Crippen LogP contribution in [0.15, 0.2) is 36.4 Å². The fraction of sp³-hybridized carbons (Fsp3) is 0.200. The molecule has 1 atom stereocenters. The molecule has 0 bridgehead atoms. The molecular formula is C15H15ClF2N2. The summed E-state index contributed by atoms with van der Waals surface area (Å²) in [4.78, 5) is 0. The highest BCUT2D eigenvalue weighted by Gasteiger charge is 2.14. The van der Waals surface area contributed by atoms with Crippen molar-refractivity contribution in [3.8, 4) is 0 Å². The minimum atomic E-state index is -0.592. The molecule has 2 aromatic rings. The molecule has 0 aliphatic heterocycles. The lowest BCUT2D eigenvalue weighted by Gasteiger charge is -2.18. The fourth-order valence-electron chi connectivity index (χ4n) is 2.06. The standard InChI is InChI=1S/C15H15ClF2N2/c1-9-6-11(3-5-13(9)16)15(20-19)7-10-2-4-12(17)8-14(10)18/h2-6,8,15,20H,7,19H2,1H3. The molecule has 0 fully saturated rings. The van der Waals surface area contributed by atoms with Crippen LogP contribution in [0, 0.1) is 18.6 Å². The summed E-state index contributed by atoms with van der Waals surface area (Å²) in [6.07, 6.45) is 0.323. The predicted molar refractivity (Wildman–Crippen MR) is 76.3 cm³/mol. The number of hydrogen-bond donors (Lipinski definition) is 2. The first-order valence-corrected chi connectivity index (χ1v) is 6.55. The quantitative estimate of drug-likeness (QED) is 0.667. The molecule has 2 aromatic carbocycles. The van der Waals surface area contributed by atoms with Gasteiger partial charge in [0, 0.05) is 11.1 Å². The van der Waals surface area contributed by atoms with Gasteiger partial charge in [0.2, 0.25) is 0 Å². The molecule has 0 aromatic heterocycles. The molecule has 0 spiro atoms. The van der Waals surface area contributed by atoms with Crippen molar-refractivity contribution in [2.45, 2.75) is 19.4 Å². The van der Waals surface area contributed by atoms with Crippen molar-refractivity contribution in [2.75, 3.05) is 0 Å². The Hall–Kier alpha value is -1.49. The lowest BCUT2D eigenvalue weighted by molar-refractivity contribution is 0.522. The molecule has 1 unspecified atom stereocenters. The summed E-state index contributed by atoms with van der Waals surface area (Å²) in [5, 5.41) is 0.664. The van der Waals surface area contributed by atoms with Gasteiger partial charge in [-0.05, 0) is 42.2 Å². The van der Waals surface area contributed by atoms with E-state index in [0.717, 1.165) is 17.2 Å². The number of halogens is 3. The molecule has 0 saturated heterocycles. The van der Waals surface area contributed by atoms with Gasteiger partial charge in [0.25, 0.3) is 0 Å². The number of benzene rings is 2. The number of hydrazine groups is 1. The van der Waals surface area contributed by atoms with Gasteiger partial charge in [0.1, 0.15) is 11.6 Å². The van der Waals surface area contributed by atoms with Crippen LogP contribution >= 0.6 is 11.6 Å². The highest BCUT2D eigenvalue weighted by atomic mass is 35.5. The first kappa shape index (κ1) is 14.9. The first-order chi connectivity index (χ1) is 9.51. The third kappa shape index (κ3) is 3.33. The maximum Gasteiger partial charge on any atom is 0.129 e. The number of nitrogens with one attached hydrogen (secondary N) is 1. The molecule has 0 amide bonds. The van der Waals surface area contributed by atoms with E-state index in [0.29, 0.717) is 17.0 Å². The van der Waals surface area contributed by atoms with Gasteiger partial charge in [0.15, 0.2) is 0 Å². The summed E-state index contributed by atoms with van der Waals surface area (Å²) in [7, 11) is 0. The Bertz CT molecular complexity index is 617. The van der Waals surface area contributed by atoms with Crippen LogP contribution in [0.4, 0.5) is 8.78 Å². The number of nitrogens with two attached hydrogens (primary N) is 1. The van der Waals surface area contributed by atoms with E-state index in [1.807, 2.05) is 19.1 Å². The fourth-order valence-corrected chi connectivity index (χ4v) is 2.18. The van der Waals surface area contributed by atoms with Gasteiger partial charge < -0.3 is 0 Å². The van der Waals surface area contributed by atoms with Crippen LogP contribution in [0.1, 0.15) is 22.7 Å². The SMILES string of the molecule is Cc1cc(C(Cc2ccc(F)cc2F)NN)ccc1Cl. The molecular weight excluding hydrogens is 282 g/mol.